The van der Waals surface area contributed by atoms with Gasteiger partial charge in [-0.25, -0.2) is 0 Å². The Balaban J connectivity index is 2.18. The first-order chi connectivity index (χ1) is 10.1. The maximum absolute atomic E-state index is 12.6. The topological polar surface area (TPSA) is 57.8 Å². The Bertz CT molecular complexity index is 671. The standard InChI is InChI=1S/C12H7F6N3O/c13-11(14,15)6-1-3-7(4-2-6)20-10(22)8-5-19-21-9(8)12(16,17)18/h1-5H,(H,19,21)(H,20,22). The molecule has 1 aromatic heterocycles. The molecule has 2 rings (SSSR count). The summed E-state index contributed by atoms with van der Waals surface area (Å²) in [4.78, 5) is 11.7. The summed E-state index contributed by atoms with van der Waals surface area (Å²) in [6.07, 6.45) is -8.66. The van der Waals surface area contributed by atoms with E-state index in [1.165, 1.54) is 0 Å². The maximum atomic E-state index is 12.6. The molecule has 0 saturated heterocycles. The Morgan fingerprint density at radius 2 is 1.59 bits per heavy atom. The van der Waals surface area contributed by atoms with E-state index >= 15 is 0 Å². The zero-order valence-corrected chi connectivity index (χ0v) is 10.5. The fourth-order valence-electron chi connectivity index (χ4n) is 1.62. The van der Waals surface area contributed by atoms with Crippen LogP contribution in [0.5, 0.6) is 0 Å². The van der Waals surface area contributed by atoms with Crippen molar-refractivity contribution in [2.75, 3.05) is 5.32 Å². The van der Waals surface area contributed by atoms with Gasteiger partial charge in [0.25, 0.3) is 5.91 Å². The molecule has 0 aliphatic rings. The van der Waals surface area contributed by atoms with Crippen LogP contribution < -0.4 is 5.32 Å². The second kappa shape index (κ2) is 5.35. The maximum Gasteiger partial charge on any atom is 0.433 e. The Hall–Kier alpha value is -2.52. The number of hydrogen-bond acceptors (Lipinski definition) is 2. The van der Waals surface area contributed by atoms with Crippen LogP contribution in [0.3, 0.4) is 0 Å². The monoisotopic (exact) mass is 323 g/mol. The summed E-state index contributed by atoms with van der Waals surface area (Å²) >= 11 is 0. The summed E-state index contributed by atoms with van der Waals surface area (Å²) in [5.41, 5.74) is -3.11. The van der Waals surface area contributed by atoms with Crippen LogP contribution in [0.4, 0.5) is 32.0 Å². The number of rotatable bonds is 2. The first-order valence-corrected chi connectivity index (χ1v) is 5.68. The van der Waals surface area contributed by atoms with E-state index in [4.69, 9.17) is 0 Å². The minimum atomic E-state index is -4.80. The lowest BCUT2D eigenvalue weighted by molar-refractivity contribution is -0.141. The number of carbonyl (C=O) groups excluding carboxylic acids is 1. The first-order valence-electron chi connectivity index (χ1n) is 5.68. The number of halogens is 6. The van der Waals surface area contributed by atoms with Crippen LogP contribution in [-0.4, -0.2) is 16.1 Å². The number of anilines is 1. The highest BCUT2D eigenvalue weighted by molar-refractivity contribution is 6.05. The molecule has 0 aliphatic heterocycles. The molecule has 10 heteroatoms. The van der Waals surface area contributed by atoms with Gasteiger partial charge in [-0.15, -0.1) is 0 Å². The van der Waals surface area contributed by atoms with Crippen LogP contribution in [0.2, 0.25) is 0 Å². The molecule has 22 heavy (non-hydrogen) atoms. The van der Waals surface area contributed by atoms with Gasteiger partial charge in [-0.1, -0.05) is 0 Å². The van der Waals surface area contributed by atoms with Gasteiger partial charge in [0.05, 0.1) is 17.3 Å². The molecule has 2 aromatic rings. The smallest absolute Gasteiger partial charge is 0.322 e. The van der Waals surface area contributed by atoms with E-state index in [0.717, 1.165) is 12.1 Å². The quantitative estimate of drug-likeness (QED) is 0.828. The Morgan fingerprint density at radius 3 is 2.09 bits per heavy atom. The lowest BCUT2D eigenvalue weighted by Gasteiger charge is -2.09. The average Bonchev–Trinajstić information content (AvgIpc) is 2.87. The Morgan fingerprint density at radius 1 is 1.00 bits per heavy atom. The van der Waals surface area contributed by atoms with Gasteiger partial charge in [0, 0.05) is 5.69 Å². The molecule has 0 atom stereocenters. The van der Waals surface area contributed by atoms with Crippen molar-refractivity contribution in [2.24, 2.45) is 0 Å². The fourth-order valence-corrected chi connectivity index (χ4v) is 1.62. The highest BCUT2D eigenvalue weighted by Crippen LogP contribution is 2.31. The molecule has 1 amide bonds. The highest BCUT2D eigenvalue weighted by atomic mass is 19.4. The fraction of sp³-hybridized carbons (Fsp3) is 0.167. The van der Waals surface area contributed by atoms with Gasteiger partial charge in [-0.2, -0.15) is 31.4 Å². The van der Waals surface area contributed by atoms with Gasteiger partial charge < -0.3 is 5.32 Å². The van der Waals surface area contributed by atoms with Crippen LogP contribution in [0, 0.1) is 0 Å². The van der Waals surface area contributed by atoms with Crippen molar-refractivity contribution >= 4 is 11.6 Å². The second-order valence-corrected chi connectivity index (χ2v) is 4.19. The third-order valence-corrected chi connectivity index (χ3v) is 2.64. The van der Waals surface area contributed by atoms with Crippen LogP contribution in [0.25, 0.3) is 0 Å². The molecule has 0 saturated carbocycles. The third-order valence-electron chi connectivity index (χ3n) is 2.64. The number of H-pyrrole nitrogens is 1. The zero-order valence-electron chi connectivity index (χ0n) is 10.5. The molecule has 118 valence electrons. The van der Waals surface area contributed by atoms with Gasteiger partial charge in [0.1, 0.15) is 0 Å². The summed E-state index contributed by atoms with van der Waals surface area (Å²) < 4.78 is 74.9. The predicted molar refractivity (Wildman–Crippen MR) is 63.0 cm³/mol. The Labute approximate surface area is 119 Å². The number of nitrogens with zero attached hydrogens (tertiary/aromatic N) is 1. The van der Waals surface area contributed by atoms with Crippen molar-refractivity contribution in [2.45, 2.75) is 12.4 Å². The summed E-state index contributed by atoms with van der Waals surface area (Å²) in [6.45, 7) is 0. The molecule has 0 bridgehead atoms. The van der Waals surface area contributed by atoms with Crippen molar-refractivity contribution in [3.8, 4) is 0 Å². The molecular formula is C12H7F6N3O. The molecule has 4 nitrogen and oxygen atoms in total. The number of benzene rings is 1. The van der Waals surface area contributed by atoms with Gasteiger partial charge in [-0.05, 0) is 24.3 Å². The van der Waals surface area contributed by atoms with E-state index in [0.29, 0.717) is 18.3 Å². The van der Waals surface area contributed by atoms with E-state index in [-0.39, 0.29) is 5.69 Å². The van der Waals surface area contributed by atoms with E-state index in [1.807, 2.05) is 0 Å². The molecule has 0 fully saturated rings. The van der Waals surface area contributed by atoms with Crippen molar-refractivity contribution in [1.29, 1.82) is 0 Å². The molecular weight excluding hydrogens is 316 g/mol. The molecule has 0 radical (unpaired) electrons. The second-order valence-electron chi connectivity index (χ2n) is 4.19. The number of hydrogen-bond donors (Lipinski definition) is 2. The number of aromatic nitrogens is 2. The van der Waals surface area contributed by atoms with E-state index in [9.17, 15) is 31.1 Å². The lowest BCUT2D eigenvalue weighted by Crippen LogP contribution is -2.17. The molecule has 2 N–H and O–H groups in total. The van der Waals surface area contributed by atoms with Gasteiger partial charge >= 0.3 is 12.4 Å². The third kappa shape index (κ3) is 3.38. The SMILES string of the molecule is O=C(Nc1ccc(C(F)(F)F)cc1)c1cn[nH]c1C(F)(F)F. The van der Waals surface area contributed by atoms with Crippen molar-refractivity contribution < 1.29 is 31.1 Å². The summed E-state index contributed by atoms with van der Waals surface area (Å²) in [7, 11) is 0. The zero-order chi connectivity index (χ0) is 16.5. The predicted octanol–water partition coefficient (Wildman–Crippen LogP) is 3.70. The molecule has 1 aromatic carbocycles. The van der Waals surface area contributed by atoms with Gasteiger partial charge in [-0.3, -0.25) is 9.89 Å². The van der Waals surface area contributed by atoms with E-state index in [1.54, 1.807) is 5.10 Å². The normalized spacial score (nSPS) is 12.3. The summed E-state index contributed by atoms with van der Waals surface area (Å²) in [5, 5.41) is 6.87. The molecule has 0 unspecified atom stereocenters. The number of nitrogens with one attached hydrogen (secondary N) is 2. The number of amides is 1. The first kappa shape index (κ1) is 15.9. The van der Waals surface area contributed by atoms with E-state index in [2.05, 4.69) is 10.4 Å². The number of carbonyl (C=O) groups is 1. The molecule has 0 spiro atoms. The van der Waals surface area contributed by atoms with Crippen molar-refractivity contribution in [1.82, 2.24) is 10.2 Å². The largest absolute Gasteiger partial charge is 0.433 e. The summed E-state index contributed by atoms with van der Waals surface area (Å²) in [5.74, 6) is -1.14. The van der Waals surface area contributed by atoms with Gasteiger partial charge in [0.2, 0.25) is 0 Å². The molecule has 1 heterocycles. The molecule has 0 aliphatic carbocycles. The van der Waals surface area contributed by atoms with Crippen LogP contribution in [-0.2, 0) is 12.4 Å². The number of alkyl halides is 6. The van der Waals surface area contributed by atoms with Gasteiger partial charge in [0.15, 0.2) is 5.69 Å². The number of aromatic amines is 1. The summed E-state index contributed by atoms with van der Waals surface area (Å²) in [6, 6.07) is 3.29. The average molecular weight is 323 g/mol. The van der Waals surface area contributed by atoms with Crippen LogP contribution in [0.1, 0.15) is 21.6 Å². The van der Waals surface area contributed by atoms with Crippen LogP contribution in [0.15, 0.2) is 30.5 Å². The lowest BCUT2D eigenvalue weighted by atomic mass is 10.2. The van der Waals surface area contributed by atoms with E-state index < -0.39 is 35.1 Å². The minimum Gasteiger partial charge on any atom is -0.322 e. The van der Waals surface area contributed by atoms with Crippen LogP contribution >= 0.6 is 0 Å². The minimum absolute atomic E-state index is 0.0766. The Kier molecular flexibility index (Phi) is 3.86. The van der Waals surface area contributed by atoms with Crippen molar-refractivity contribution in [3.63, 3.8) is 0 Å². The van der Waals surface area contributed by atoms with Crippen molar-refractivity contribution in [3.05, 3.63) is 47.3 Å². The highest BCUT2D eigenvalue weighted by Gasteiger charge is 2.37.